The summed E-state index contributed by atoms with van der Waals surface area (Å²) in [6.07, 6.45) is 1.48. The van der Waals surface area contributed by atoms with E-state index in [2.05, 4.69) is 54.6 Å². The smallest absolute Gasteiger partial charge is 0.0850 e. The van der Waals surface area contributed by atoms with Crippen molar-refractivity contribution in [2.24, 2.45) is 0 Å². The average Bonchev–Trinajstić information content (AvgIpc) is 3.15. The topological polar surface area (TPSA) is 12.5 Å². The molecule has 0 N–H and O–H groups in total. The summed E-state index contributed by atoms with van der Waals surface area (Å²) < 4.78 is 5.30. The van der Waals surface area contributed by atoms with Crippen LogP contribution in [0.25, 0.3) is 11.1 Å². The van der Waals surface area contributed by atoms with Crippen LogP contribution in [-0.2, 0) is 11.2 Å². The molecule has 0 bridgehead atoms. The van der Waals surface area contributed by atoms with Crippen LogP contribution in [0.5, 0.6) is 0 Å². The monoisotopic (exact) mass is 210 g/mol. The highest BCUT2D eigenvalue weighted by molar-refractivity contribution is 5.67. The standard InChI is InChI=1S/C15H14O/c1-2-6-12(7-3-1)15-9-5-4-8-13(15)10-14-11-16-14/h1-9,14H,10-11H2. The number of hydrogen-bond acceptors (Lipinski definition) is 1. The van der Waals surface area contributed by atoms with Crippen LogP contribution >= 0.6 is 0 Å². The minimum Gasteiger partial charge on any atom is -0.373 e. The lowest BCUT2D eigenvalue weighted by atomic mass is 9.97. The third-order valence-electron chi connectivity index (χ3n) is 2.95. The lowest BCUT2D eigenvalue weighted by molar-refractivity contribution is 0.408. The molecular weight excluding hydrogens is 196 g/mol. The van der Waals surface area contributed by atoms with Crippen molar-refractivity contribution in [2.75, 3.05) is 6.61 Å². The Morgan fingerprint density at radius 1 is 0.938 bits per heavy atom. The van der Waals surface area contributed by atoms with Gasteiger partial charge in [0.05, 0.1) is 12.7 Å². The minimum atomic E-state index is 0.449. The summed E-state index contributed by atoms with van der Waals surface area (Å²) in [6.45, 7) is 0.920. The molecule has 1 heteroatoms. The summed E-state index contributed by atoms with van der Waals surface area (Å²) in [5.41, 5.74) is 4.01. The molecule has 16 heavy (non-hydrogen) atoms. The highest BCUT2D eigenvalue weighted by Crippen LogP contribution is 2.26. The molecule has 1 nitrogen and oxygen atoms in total. The first-order valence-electron chi connectivity index (χ1n) is 5.68. The Morgan fingerprint density at radius 3 is 2.38 bits per heavy atom. The fraction of sp³-hybridized carbons (Fsp3) is 0.200. The van der Waals surface area contributed by atoms with Gasteiger partial charge in [0.2, 0.25) is 0 Å². The third kappa shape index (κ3) is 2.00. The van der Waals surface area contributed by atoms with Gasteiger partial charge in [-0.3, -0.25) is 0 Å². The van der Waals surface area contributed by atoms with Gasteiger partial charge in [-0.25, -0.2) is 0 Å². The van der Waals surface area contributed by atoms with Crippen LogP contribution in [0.4, 0.5) is 0 Å². The van der Waals surface area contributed by atoms with Crippen molar-refractivity contribution in [1.82, 2.24) is 0 Å². The van der Waals surface area contributed by atoms with Crippen molar-refractivity contribution < 1.29 is 4.74 Å². The summed E-state index contributed by atoms with van der Waals surface area (Å²) in [7, 11) is 0. The number of epoxide rings is 1. The van der Waals surface area contributed by atoms with Gasteiger partial charge in [0.1, 0.15) is 0 Å². The number of hydrogen-bond donors (Lipinski definition) is 0. The second-order valence-electron chi connectivity index (χ2n) is 4.18. The summed E-state index contributed by atoms with van der Waals surface area (Å²) in [6, 6.07) is 19.1. The molecule has 2 aromatic carbocycles. The molecule has 0 saturated carbocycles. The van der Waals surface area contributed by atoms with E-state index in [0.717, 1.165) is 13.0 Å². The normalized spacial score (nSPS) is 18.4. The van der Waals surface area contributed by atoms with Gasteiger partial charge in [0.15, 0.2) is 0 Å². The molecule has 80 valence electrons. The van der Waals surface area contributed by atoms with E-state index in [-0.39, 0.29) is 0 Å². The lowest BCUT2D eigenvalue weighted by Gasteiger charge is -2.08. The van der Waals surface area contributed by atoms with Gasteiger partial charge in [-0.1, -0.05) is 54.6 Å². The summed E-state index contributed by atoms with van der Waals surface area (Å²) in [5.74, 6) is 0. The fourth-order valence-corrected chi connectivity index (χ4v) is 2.03. The zero-order chi connectivity index (χ0) is 10.8. The molecule has 1 aliphatic rings. The van der Waals surface area contributed by atoms with Crippen molar-refractivity contribution in [3.63, 3.8) is 0 Å². The first-order chi connectivity index (χ1) is 7.93. The van der Waals surface area contributed by atoms with Crippen molar-refractivity contribution in [3.8, 4) is 11.1 Å². The Balaban J connectivity index is 1.98. The van der Waals surface area contributed by atoms with Crippen molar-refractivity contribution in [2.45, 2.75) is 12.5 Å². The highest BCUT2D eigenvalue weighted by Gasteiger charge is 2.23. The van der Waals surface area contributed by atoms with Crippen LogP contribution in [0.15, 0.2) is 54.6 Å². The Kier molecular flexibility index (Phi) is 2.47. The van der Waals surface area contributed by atoms with E-state index in [1.807, 2.05) is 0 Å². The Morgan fingerprint density at radius 2 is 1.62 bits per heavy atom. The number of ether oxygens (including phenoxy) is 1. The predicted molar refractivity (Wildman–Crippen MR) is 65.3 cm³/mol. The molecule has 0 spiro atoms. The van der Waals surface area contributed by atoms with E-state index in [0.29, 0.717) is 6.10 Å². The summed E-state index contributed by atoms with van der Waals surface area (Å²) in [5, 5.41) is 0. The van der Waals surface area contributed by atoms with Gasteiger partial charge in [-0.15, -0.1) is 0 Å². The minimum absolute atomic E-state index is 0.449. The molecule has 1 saturated heterocycles. The molecule has 1 heterocycles. The van der Waals surface area contributed by atoms with Gasteiger partial charge in [0.25, 0.3) is 0 Å². The predicted octanol–water partition coefficient (Wildman–Crippen LogP) is 3.29. The quantitative estimate of drug-likeness (QED) is 0.708. The second kappa shape index (κ2) is 4.11. The van der Waals surface area contributed by atoms with Crippen molar-refractivity contribution in [3.05, 3.63) is 60.2 Å². The zero-order valence-corrected chi connectivity index (χ0v) is 9.10. The lowest BCUT2D eigenvalue weighted by Crippen LogP contribution is -1.95. The van der Waals surface area contributed by atoms with Gasteiger partial charge >= 0.3 is 0 Å². The van der Waals surface area contributed by atoms with E-state index >= 15 is 0 Å². The maximum Gasteiger partial charge on any atom is 0.0850 e. The molecule has 1 fully saturated rings. The summed E-state index contributed by atoms with van der Waals surface area (Å²) >= 11 is 0. The molecule has 3 rings (SSSR count). The third-order valence-corrected chi connectivity index (χ3v) is 2.95. The molecule has 0 radical (unpaired) electrons. The fourth-order valence-electron chi connectivity index (χ4n) is 2.03. The second-order valence-corrected chi connectivity index (χ2v) is 4.18. The molecule has 1 unspecified atom stereocenters. The SMILES string of the molecule is c1ccc(-c2ccccc2CC2CO2)cc1. The molecule has 1 aliphatic heterocycles. The number of benzene rings is 2. The van der Waals surface area contributed by atoms with E-state index < -0.39 is 0 Å². The Bertz CT molecular complexity index is 472. The molecule has 1 atom stereocenters. The van der Waals surface area contributed by atoms with Crippen LogP contribution in [0.3, 0.4) is 0 Å². The summed E-state index contributed by atoms with van der Waals surface area (Å²) in [4.78, 5) is 0. The molecule has 2 aromatic rings. The largest absolute Gasteiger partial charge is 0.373 e. The van der Waals surface area contributed by atoms with Crippen LogP contribution < -0.4 is 0 Å². The van der Waals surface area contributed by atoms with Gasteiger partial charge < -0.3 is 4.74 Å². The van der Waals surface area contributed by atoms with E-state index in [1.54, 1.807) is 0 Å². The highest BCUT2D eigenvalue weighted by atomic mass is 16.6. The van der Waals surface area contributed by atoms with Crippen LogP contribution in [0, 0.1) is 0 Å². The van der Waals surface area contributed by atoms with E-state index in [4.69, 9.17) is 4.74 Å². The van der Waals surface area contributed by atoms with Crippen LogP contribution in [0.2, 0.25) is 0 Å². The van der Waals surface area contributed by atoms with E-state index in [9.17, 15) is 0 Å². The first-order valence-corrected chi connectivity index (χ1v) is 5.68. The van der Waals surface area contributed by atoms with Gasteiger partial charge in [-0.05, 0) is 16.7 Å². The van der Waals surface area contributed by atoms with E-state index in [1.165, 1.54) is 16.7 Å². The van der Waals surface area contributed by atoms with Crippen LogP contribution in [-0.4, -0.2) is 12.7 Å². The van der Waals surface area contributed by atoms with Crippen molar-refractivity contribution in [1.29, 1.82) is 0 Å². The van der Waals surface area contributed by atoms with Crippen LogP contribution in [0.1, 0.15) is 5.56 Å². The molecule has 0 aliphatic carbocycles. The zero-order valence-electron chi connectivity index (χ0n) is 9.10. The van der Waals surface area contributed by atoms with Gasteiger partial charge in [-0.2, -0.15) is 0 Å². The van der Waals surface area contributed by atoms with Crippen molar-refractivity contribution >= 4 is 0 Å². The Labute approximate surface area is 95.7 Å². The molecular formula is C15H14O. The first kappa shape index (κ1) is 9.61. The Hall–Kier alpha value is -1.60. The average molecular weight is 210 g/mol. The maximum absolute atomic E-state index is 5.30. The number of rotatable bonds is 3. The molecule has 0 aromatic heterocycles. The maximum atomic E-state index is 5.30. The van der Waals surface area contributed by atoms with Gasteiger partial charge in [0, 0.05) is 6.42 Å². The molecule has 0 amide bonds.